The summed E-state index contributed by atoms with van der Waals surface area (Å²) in [7, 11) is 0. The first-order valence-corrected chi connectivity index (χ1v) is 8.51. The SMILES string of the molecule is O=C1N(Cc2ncon2)c2ccccc2C12COc1cc3c(cc12)OCO3. The number of para-hydroxylation sites is 1. The van der Waals surface area contributed by atoms with Gasteiger partial charge in [0, 0.05) is 17.3 Å². The molecule has 1 amide bonds. The maximum atomic E-state index is 13.7. The Kier molecular flexibility index (Phi) is 2.70. The van der Waals surface area contributed by atoms with Gasteiger partial charge in [-0.2, -0.15) is 4.98 Å². The van der Waals surface area contributed by atoms with E-state index >= 15 is 0 Å². The molecular formula is C19H13N3O5. The Balaban J connectivity index is 1.54. The molecule has 4 heterocycles. The standard InChI is InChI=1S/C19H13N3O5/c23-18-19(8-24-14-6-16-15(5-12(14)19)25-10-26-16)11-3-1-2-4-13(11)22(18)7-17-20-9-27-21-17/h1-6,9H,7-8,10H2. The molecule has 3 aliphatic rings. The number of hydrogen-bond donors (Lipinski definition) is 0. The Bertz CT molecular complexity index is 1080. The number of carbonyl (C=O) groups excluding carboxylic acids is 1. The number of aromatic nitrogens is 2. The van der Waals surface area contributed by atoms with Crippen molar-refractivity contribution in [2.75, 3.05) is 18.3 Å². The van der Waals surface area contributed by atoms with Crippen molar-refractivity contribution >= 4 is 11.6 Å². The zero-order valence-electron chi connectivity index (χ0n) is 14.0. The van der Waals surface area contributed by atoms with Crippen LogP contribution in [-0.4, -0.2) is 29.4 Å². The van der Waals surface area contributed by atoms with Crippen LogP contribution in [0.2, 0.25) is 0 Å². The van der Waals surface area contributed by atoms with Gasteiger partial charge in [0.1, 0.15) is 17.8 Å². The van der Waals surface area contributed by atoms with E-state index in [0.29, 0.717) is 23.1 Å². The van der Waals surface area contributed by atoms with E-state index in [-0.39, 0.29) is 25.9 Å². The number of ether oxygens (including phenoxy) is 3. The molecule has 0 saturated heterocycles. The van der Waals surface area contributed by atoms with Crippen LogP contribution in [0.15, 0.2) is 47.3 Å². The van der Waals surface area contributed by atoms with Gasteiger partial charge in [-0.05, 0) is 17.7 Å². The molecule has 6 rings (SSSR count). The third kappa shape index (κ3) is 1.79. The molecule has 1 spiro atoms. The van der Waals surface area contributed by atoms with Gasteiger partial charge in [-0.3, -0.25) is 4.79 Å². The number of rotatable bonds is 2. The van der Waals surface area contributed by atoms with Gasteiger partial charge in [0.15, 0.2) is 17.3 Å². The molecule has 134 valence electrons. The van der Waals surface area contributed by atoms with Gasteiger partial charge in [-0.15, -0.1) is 0 Å². The van der Waals surface area contributed by atoms with E-state index in [2.05, 4.69) is 10.1 Å². The highest BCUT2D eigenvalue weighted by Gasteiger charge is 2.57. The molecule has 0 saturated carbocycles. The van der Waals surface area contributed by atoms with Gasteiger partial charge in [-0.25, -0.2) is 0 Å². The van der Waals surface area contributed by atoms with Gasteiger partial charge in [0.25, 0.3) is 0 Å². The molecule has 3 aromatic rings. The molecule has 0 N–H and O–H groups in total. The Morgan fingerprint density at radius 1 is 1.04 bits per heavy atom. The molecule has 2 aromatic carbocycles. The Morgan fingerprint density at radius 2 is 1.89 bits per heavy atom. The fraction of sp³-hybridized carbons (Fsp3) is 0.211. The topological polar surface area (TPSA) is 86.9 Å². The first-order valence-electron chi connectivity index (χ1n) is 8.51. The van der Waals surface area contributed by atoms with Crippen LogP contribution in [0.25, 0.3) is 0 Å². The molecule has 8 nitrogen and oxygen atoms in total. The second-order valence-corrected chi connectivity index (χ2v) is 6.65. The number of nitrogens with zero attached hydrogens (tertiary/aromatic N) is 3. The molecule has 1 aromatic heterocycles. The van der Waals surface area contributed by atoms with Crippen molar-refractivity contribution in [1.82, 2.24) is 10.1 Å². The second kappa shape index (κ2) is 5.00. The second-order valence-electron chi connectivity index (χ2n) is 6.65. The summed E-state index contributed by atoms with van der Waals surface area (Å²) in [5.74, 6) is 2.27. The first-order chi connectivity index (χ1) is 13.3. The molecule has 0 aliphatic carbocycles. The number of carbonyl (C=O) groups is 1. The van der Waals surface area contributed by atoms with Gasteiger partial charge in [0.2, 0.25) is 19.1 Å². The van der Waals surface area contributed by atoms with Crippen LogP contribution in [0.1, 0.15) is 17.0 Å². The van der Waals surface area contributed by atoms with Gasteiger partial charge < -0.3 is 23.6 Å². The average Bonchev–Trinajstić information content (AvgIpc) is 3.46. The normalized spacial score (nSPS) is 21.5. The first kappa shape index (κ1) is 14.6. The maximum absolute atomic E-state index is 13.7. The molecule has 3 aliphatic heterocycles. The molecule has 8 heteroatoms. The summed E-state index contributed by atoms with van der Waals surface area (Å²) in [5, 5.41) is 3.85. The summed E-state index contributed by atoms with van der Waals surface area (Å²) in [6, 6.07) is 11.4. The van der Waals surface area contributed by atoms with Crippen molar-refractivity contribution in [1.29, 1.82) is 0 Å². The number of benzene rings is 2. The Morgan fingerprint density at radius 3 is 2.74 bits per heavy atom. The lowest BCUT2D eigenvalue weighted by Gasteiger charge is -2.22. The predicted molar refractivity (Wildman–Crippen MR) is 90.8 cm³/mol. The highest BCUT2D eigenvalue weighted by Crippen LogP contribution is 2.55. The molecule has 0 bridgehead atoms. The minimum Gasteiger partial charge on any atom is -0.491 e. The van der Waals surface area contributed by atoms with E-state index in [1.165, 1.54) is 6.39 Å². The van der Waals surface area contributed by atoms with Crippen molar-refractivity contribution in [3.8, 4) is 17.2 Å². The van der Waals surface area contributed by atoms with E-state index in [1.54, 1.807) is 11.0 Å². The Hall–Kier alpha value is -3.55. The lowest BCUT2D eigenvalue weighted by Crippen LogP contribution is -2.42. The van der Waals surface area contributed by atoms with Crippen LogP contribution in [0.3, 0.4) is 0 Å². The summed E-state index contributed by atoms with van der Waals surface area (Å²) in [4.78, 5) is 19.4. The predicted octanol–water partition coefficient (Wildman–Crippen LogP) is 2.02. The van der Waals surface area contributed by atoms with Crippen LogP contribution in [-0.2, 0) is 16.8 Å². The largest absolute Gasteiger partial charge is 0.491 e. The number of amides is 1. The zero-order chi connectivity index (χ0) is 18.0. The van der Waals surface area contributed by atoms with Crippen LogP contribution >= 0.6 is 0 Å². The van der Waals surface area contributed by atoms with Gasteiger partial charge in [-0.1, -0.05) is 23.4 Å². The van der Waals surface area contributed by atoms with E-state index in [4.69, 9.17) is 18.7 Å². The van der Waals surface area contributed by atoms with E-state index in [0.717, 1.165) is 16.8 Å². The minimum absolute atomic E-state index is 0.0777. The fourth-order valence-corrected chi connectivity index (χ4v) is 4.13. The number of fused-ring (bicyclic) bond motifs is 5. The minimum atomic E-state index is -0.920. The summed E-state index contributed by atoms with van der Waals surface area (Å²) in [6.07, 6.45) is 1.26. The van der Waals surface area contributed by atoms with Crippen molar-refractivity contribution in [3.05, 3.63) is 59.7 Å². The monoisotopic (exact) mass is 363 g/mol. The smallest absolute Gasteiger partial charge is 0.246 e. The van der Waals surface area contributed by atoms with E-state index in [1.807, 2.05) is 30.3 Å². The van der Waals surface area contributed by atoms with Gasteiger partial charge in [0.05, 0.1) is 6.54 Å². The van der Waals surface area contributed by atoms with Crippen molar-refractivity contribution < 1.29 is 23.5 Å². The zero-order valence-corrected chi connectivity index (χ0v) is 14.0. The average molecular weight is 363 g/mol. The quantitative estimate of drug-likeness (QED) is 0.688. The van der Waals surface area contributed by atoms with E-state index in [9.17, 15) is 4.79 Å². The fourth-order valence-electron chi connectivity index (χ4n) is 4.13. The Labute approximate surface area is 153 Å². The van der Waals surface area contributed by atoms with Crippen molar-refractivity contribution in [2.45, 2.75) is 12.0 Å². The van der Waals surface area contributed by atoms with Crippen LogP contribution in [0, 0.1) is 0 Å². The molecule has 1 unspecified atom stereocenters. The third-order valence-corrected chi connectivity index (χ3v) is 5.35. The van der Waals surface area contributed by atoms with Crippen molar-refractivity contribution in [3.63, 3.8) is 0 Å². The van der Waals surface area contributed by atoms with Gasteiger partial charge >= 0.3 is 0 Å². The third-order valence-electron chi connectivity index (χ3n) is 5.35. The summed E-state index contributed by atoms with van der Waals surface area (Å²) >= 11 is 0. The summed E-state index contributed by atoms with van der Waals surface area (Å²) in [5.41, 5.74) is 1.59. The van der Waals surface area contributed by atoms with Crippen LogP contribution < -0.4 is 19.1 Å². The highest BCUT2D eigenvalue weighted by atomic mass is 16.7. The summed E-state index contributed by atoms with van der Waals surface area (Å²) in [6.45, 7) is 0.623. The summed E-state index contributed by atoms with van der Waals surface area (Å²) < 4.78 is 21.7. The van der Waals surface area contributed by atoms with Crippen LogP contribution in [0.4, 0.5) is 5.69 Å². The van der Waals surface area contributed by atoms with Crippen molar-refractivity contribution in [2.24, 2.45) is 0 Å². The number of anilines is 1. The molecule has 1 atom stereocenters. The van der Waals surface area contributed by atoms with E-state index < -0.39 is 5.41 Å². The lowest BCUT2D eigenvalue weighted by atomic mass is 9.77. The molecule has 0 radical (unpaired) electrons. The molecule has 27 heavy (non-hydrogen) atoms. The number of hydrogen-bond acceptors (Lipinski definition) is 7. The van der Waals surface area contributed by atoms with Crippen LogP contribution in [0.5, 0.6) is 17.2 Å². The molecule has 0 fully saturated rings. The lowest BCUT2D eigenvalue weighted by molar-refractivity contribution is -0.122. The maximum Gasteiger partial charge on any atom is 0.246 e. The molecular weight excluding hydrogens is 350 g/mol. The highest BCUT2D eigenvalue weighted by molar-refractivity contribution is 6.11.